The molecule has 0 aliphatic rings. The highest BCUT2D eigenvalue weighted by Gasteiger charge is 2.39. The van der Waals surface area contributed by atoms with Gasteiger partial charge in [-0.15, -0.1) is 0 Å². The number of hydrogen-bond acceptors (Lipinski definition) is 3. The highest BCUT2D eigenvalue weighted by molar-refractivity contribution is 5.82. The normalized spacial score (nSPS) is 13.0. The monoisotopic (exact) mass is 354 g/mol. The first-order chi connectivity index (χ1) is 10.9. The Balaban J connectivity index is 2.59. The van der Waals surface area contributed by atoms with E-state index < -0.39 is 34.9 Å². The molecule has 4 nitrogen and oxygen atoms in total. The van der Waals surface area contributed by atoms with E-state index in [9.17, 15) is 30.7 Å². The van der Waals surface area contributed by atoms with Gasteiger partial charge in [-0.25, -0.2) is 14.1 Å². The van der Waals surface area contributed by atoms with Crippen molar-refractivity contribution in [2.75, 3.05) is 5.73 Å². The number of benzene rings is 1. The Bertz CT molecular complexity index is 787. The van der Waals surface area contributed by atoms with Crippen molar-refractivity contribution in [1.29, 1.82) is 0 Å². The van der Waals surface area contributed by atoms with Gasteiger partial charge in [0.2, 0.25) is 5.95 Å². The molecule has 0 atom stereocenters. The van der Waals surface area contributed by atoms with Gasteiger partial charge in [-0.05, 0) is 19.1 Å². The van der Waals surface area contributed by atoms with Crippen LogP contribution in [0.4, 0.5) is 36.7 Å². The number of nitrogens with zero attached hydrogens (tertiary/aromatic N) is 3. The first-order valence-corrected chi connectivity index (χ1v) is 6.23. The summed E-state index contributed by atoms with van der Waals surface area (Å²) in [7, 11) is 0. The molecule has 0 saturated heterocycles. The number of rotatable bonds is 2. The van der Waals surface area contributed by atoms with Gasteiger partial charge in [0.1, 0.15) is 5.82 Å². The Morgan fingerprint density at radius 3 is 2.21 bits per heavy atom. The lowest BCUT2D eigenvalue weighted by atomic mass is 10.0. The van der Waals surface area contributed by atoms with Crippen molar-refractivity contribution >= 4 is 12.2 Å². The summed E-state index contributed by atoms with van der Waals surface area (Å²) < 4.78 is 91.3. The maximum absolute atomic E-state index is 13.8. The molecule has 0 amide bonds. The molecule has 24 heavy (non-hydrogen) atoms. The maximum Gasteiger partial charge on any atom is 0.417 e. The quantitative estimate of drug-likeness (QED) is 0.658. The lowest BCUT2D eigenvalue weighted by molar-refractivity contribution is -0.143. The molecule has 0 radical (unpaired) electrons. The molecule has 1 aromatic carbocycles. The molecule has 0 saturated carbocycles. The van der Waals surface area contributed by atoms with E-state index >= 15 is 0 Å². The third-order valence-electron chi connectivity index (χ3n) is 2.91. The van der Waals surface area contributed by atoms with Crippen LogP contribution in [0.1, 0.15) is 22.4 Å². The van der Waals surface area contributed by atoms with E-state index in [4.69, 9.17) is 5.73 Å². The minimum absolute atomic E-state index is 0.0287. The molecule has 0 bridgehead atoms. The van der Waals surface area contributed by atoms with Crippen molar-refractivity contribution < 1.29 is 30.7 Å². The van der Waals surface area contributed by atoms with Gasteiger partial charge in [0.05, 0.1) is 29.2 Å². The summed E-state index contributed by atoms with van der Waals surface area (Å²) in [4.78, 5) is 3.73. The Kier molecular flexibility index (Phi) is 4.29. The zero-order chi connectivity index (χ0) is 18.3. The number of hydrogen-bond donors (Lipinski definition) is 1. The number of aromatic nitrogens is 2. The number of halogens is 7. The van der Waals surface area contributed by atoms with Crippen molar-refractivity contribution in [2.45, 2.75) is 19.3 Å². The van der Waals surface area contributed by atoms with Gasteiger partial charge in [-0.1, -0.05) is 0 Å². The molecule has 0 fully saturated rings. The zero-order valence-electron chi connectivity index (χ0n) is 11.9. The van der Waals surface area contributed by atoms with Crippen LogP contribution in [0.25, 0.3) is 0 Å². The molecule has 2 rings (SSSR count). The van der Waals surface area contributed by atoms with E-state index in [2.05, 4.69) is 10.1 Å². The molecule has 2 N–H and O–H groups in total. The van der Waals surface area contributed by atoms with Gasteiger partial charge < -0.3 is 5.73 Å². The first-order valence-electron chi connectivity index (χ1n) is 6.23. The standard InChI is InChI=1S/C13H9F7N4/c1-6-5-24(11(21)23-6)22-4-8-9(13(18,19)20)2-7(3-10(8)14)12(15,16)17/h2-5H,1H3,(H2,21,23). The van der Waals surface area contributed by atoms with Crippen LogP contribution in [0.2, 0.25) is 0 Å². The fourth-order valence-electron chi connectivity index (χ4n) is 1.86. The Morgan fingerprint density at radius 2 is 1.75 bits per heavy atom. The summed E-state index contributed by atoms with van der Waals surface area (Å²) in [5.74, 6) is -1.89. The maximum atomic E-state index is 13.8. The van der Waals surface area contributed by atoms with Gasteiger partial charge in [0.25, 0.3) is 0 Å². The van der Waals surface area contributed by atoms with E-state index in [1.54, 1.807) is 0 Å². The molecule has 11 heteroatoms. The third-order valence-corrected chi connectivity index (χ3v) is 2.91. The average molecular weight is 354 g/mol. The molecule has 1 heterocycles. The zero-order valence-corrected chi connectivity index (χ0v) is 11.9. The van der Waals surface area contributed by atoms with Crippen LogP contribution in [0.5, 0.6) is 0 Å². The predicted octanol–water partition coefficient (Wildman–Crippen LogP) is 3.83. The molecule has 0 aliphatic carbocycles. The van der Waals surface area contributed by atoms with E-state index in [0.717, 1.165) is 4.68 Å². The molecule has 0 unspecified atom stereocenters. The van der Waals surface area contributed by atoms with Gasteiger partial charge >= 0.3 is 12.4 Å². The molecule has 1 aromatic heterocycles. The fourth-order valence-corrected chi connectivity index (χ4v) is 1.86. The van der Waals surface area contributed by atoms with E-state index in [1.807, 2.05) is 0 Å². The summed E-state index contributed by atoms with van der Waals surface area (Å²) >= 11 is 0. The smallest absolute Gasteiger partial charge is 0.368 e. The molecule has 0 aliphatic heterocycles. The van der Waals surface area contributed by atoms with Crippen LogP contribution < -0.4 is 5.73 Å². The number of alkyl halides is 6. The summed E-state index contributed by atoms with van der Waals surface area (Å²) in [5, 5.41) is 3.51. The van der Waals surface area contributed by atoms with Crippen molar-refractivity contribution in [1.82, 2.24) is 9.66 Å². The van der Waals surface area contributed by atoms with Crippen LogP contribution in [-0.2, 0) is 12.4 Å². The second-order valence-corrected chi connectivity index (χ2v) is 4.74. The van der Waals surface area contributed by atoms with Crippen LogP contribution >= 0.6 is 0 Å². The van der Waals surface area contributed by atoms with Crippen molar-refractivity contribution in [3.05, 3.63) is 46.5 Å². The third kappa shape index (κ3) is 3.66. The van der Waals surface area contributed by atoms with Gasteiger partial charge in [-0.2, -0.15) is 31.4 Å². The number of nitrogens with two attached hydrogens (primary N) is 1. The SMILES string of the molecule is Cc1cn(N=Cc2c(F)cc(C(F)(F)F)cc2C(F)(F)F)c(N)n1. The van der Waals surface area contributed by atoms with E-state index in [-0.39, 0.29) is 18.1 Å². The summed E-state index contributed by atoms with van der Waals surface area (Å²) in [6.45, 7) is 1.53. The summed E-state index contributed by atoms with van der Waals surface area (Å²) in [6.07, 6.45) is -8.64. The number of anilines is 1. The number of imidazole rings is 1. The number of nitrogen functional groups attached to an aromatic ring is 1. The Labute approximate surface area is 130 Å². The minimum Gasteiger partial charge on any atom is -0.368 e. The lowest BCUT2D eigenvalue weighted by Gasteiger charge is -2.14. The molecular weight excluding hydrogens is 345 g/mol. The number of aryl methyl sites for hydroxylation is 1. The highest BCUT2D eigenvalue weighted by atomic mass is 19.4. The lowest BCUT2D eigenvalue weighted by Crippen LogP contribution is -2.15. The van der Waals surface area contributed by atoms with Crippen LogP contribution in [0.3, 0.4) is 0 Å². The van der Waals surface area contributed by atoms with Crippen LogP contribution in [0.15, 0.2) is 23.4 Å². The molecule has 130 valence electrons. The van der Waals surface area contributed by atoms with E-state index in [1.165, 1.54) is 13.1 Å². The predicted molar refractivity (Wildman–Crippen MR) is 70.8 cm³/mol. The van der Waals surface area contributed by atoms with Crippen molar-refractivity contribution in [3.8, 4) is 0 Å². The topological polar surface area (TPSA) is 56.2 Å². The summed E-state index contributed by atoms with van der Waals surface area (Å²) in [5.41, 5.74) is 1.14. The highest BCUT2D eigenvalue weighted by Crippen LogP contribution is 2.38. The Morgan fingerprint density at radius 1 is 1.12 bits per heavy atom. The summed E-state index contributed by atoms with van der Waals surface area (Å²) in [6, 6.07) is -0.202. The first kappa shape index (κ1) is 17.8. The minimum atomic E-state index is -5.21. The van der Waals surface area contributed by atoms with Crippen molar-refractivity contribution in [3.63, 3.8) is 0 Å². The molecule has 2 aromatic rings. The average Bonchev–Trinajstić information content (AvgIpc) is 2.72. The van der Waals surface area contributed by atoms with Gasteiger partial charge in [0, 0.05) is 5.56 Å². The second kappa shape index (κ2) is 5.80. The second-order valence-electron chi connectivity index (χ2n) is 4.74. The molecule has 0 spiro atoms. The van der Waals surface area contributed by atoms with Crippen LogP contribution in [0, 0.1) is 12.7 Å². The van der Waals surface area contributed by atoms with Crippen LogP contribution in [-0.4, -0.2) is 15.9 Å². The van der Waals surface area contributed by atoms with Gasteiger partial charge in [-0.3, -0.25) is 0 Å². The van der Waals surface area contributed by atoms with Gasteiger partial charge in [0.15, 0.2) is 0 Å². The van der Waals surface area contributed by atoms with Crippen molar-refractivity contribution in [2.24, 2.45) is 5.10 Å². The fraction of sp³-hybridized carbons (Fsp3) is 0.231. The Hall–Kier alpha value is -2.59. The van der Waals surface area contributed by atoms with E-state index in [0.29, 0.717) is 11.9 Å². The molecular formula is C13H9F7N4. The largest absolute Gasteiger partial charge is 0.417 e.